The number of rotatable bonds is 6. The molecule has 0 spiro atoms. The van der Waals surface area contributed by atoms with Crippen LogP contribution in [0.2, 0.25) is 5.02 Å². The van der Waals surface area contributed by atoms with Crippen molar-refractivity contribution < 1.29 is 14.2 Å². The van der Waals surface area contributed by atoms with Gasteiger partial charge in [0, 0.05) is 42.1 Å². The molecular formula is C16H24ClNO3. The van der Waals surface area contributed by atoms with Gasteiger partial charge in [0.05, 0.1) is 20.3 Å². The van der Waals surface area contributed by atoms with Gasteiger partial charge >= 0.3 is 0 Å². The molecule has 0 radical (unpaired) electrons. The van der Waals surface area contributed by atoms with E-state index in [0.717, 1.165) is 37.4 Å². The predicted octanol–water partition coefficient (Wildman–Crippen LogP) is 3.40. The monoisotopic (exact) mass is 313 g/mol. The van der Waals surface area contributed by atoms with Crippen molar-refractivity contribution in [3.8, 4) is 11.5 Å². The van der Waals surface area contributed by atoms with Gasteiger partial charge < -0.3 is 19.5 Å². The fourth-order valence-electron chi connectivity index (χ4n) is 2.31. The molecule has 21 heavy (non-hydrogen) atoms. The van der Waals surface area contributed by atoms with Gasteiger partial charge in [-0.15, -0.1) is 0 Å². The van der Waals surface area contributed by atoms with E-state index in [1.807, 2.05) is 6.07 Å². The summed E-state index contributed by atoms with van der Waals surface area (Å²) >= 11 is 6.18. The third-order valence-electron chi connectivity index (χ3n) is 3.47. The second-order valence-electron chi connectivity index (χ2n) is 5.56. The lowest BCUT2D eigenvalue weighted by molar-refractivity contribution is 0.0241. The average molecular weight is 314 g/mol. The smallest absolute Gasteiger partial charge is 0.166 e. The van der Waals surface area contributed by atoms with E-state index < -0.39 is 0 Å². The molecule has 118 valence electrons. The van der Waals surface area contributed by atoms with Gasteiger partial charge in [0.1, 0.15) is 6.10 Å². The van der Waals surface area contributed by atoms with Crippen molar-refractivity contribution in [3.05, 3.63) is 22.7 Å². The van der Waals surface area contributed by atoms with E-state index in [1.165, 1.54) is 0 Å². The van der Waals surface area contributed by atoms with Crippen LogP contribution < -0.4 is 14.8 Å². The lowest BCUT2D eigenvalue weighted by atomic mass is 10.1. The van der Waals surface area contributed by atoms with Gasteiger partial charge in [0.2, 0.25) is 0 Å². The highest BCUT2D eigenvalue weighted by atomic mass is 35.5. The highest BCUT2D eigenvalue weighted by Crippen LogP contribution is 2.36. The Labute approximate surface area is 131 Å². The van der Waals surface area contributed by atoms with Gasteiger partial charge in [-0.05, 0) is 6.07 Å². The van der Waals surface area contributed by atoms with Crippen LogP contribution in [-0.4, -0.2) is 32.5 Å². The molecular weight excluding hydrogens is 290 g/mol. The van der Waals surface area contributed by atoms with Gasteiger partial charge in [-0.25, -0.2) is 0 Å². The van der Waals surface area contributed by atoms with Crippen molar-refractivity contribution in [2.45, 2.75) is 45.4 Å². The maximum Gasteiger partial charge on any atom is 0.166 e. The van der Waals surface area contributed by atoms with Crippen molar-refractivity contribution in [3.63, 3.8) is 0 Å². The van der Waals surface area contributed by atoms with Gasteiger partial charge in [-0.3, -0.25) is 0 Å². The number of benzene rings is 1. The normalized spacial score (nSPS) is 16.2. The van der Waals surface area contributed by atoms with E-state index in [0.29, 0.717) is 23.4 Å². The summed E-state index contributed by atoms with van der Waals surface area (Å²) in [5.41, 5.74) is 1.03. The lowest BCUT2D eigenvalue weighted by Crippen LogP contribution is -2.27. The summed E-state index contributed by atoms with van der Waals surface area (Å²) in [6.07, 6.45) is 1.98. The van der Waals surface area contributed by atoms with Gasteiger partial charge in [0.15, 0.2) is 11.5 Å². The van der Waals surface area contributed by atoms with E-state index in [2.05, 4.69) is 19.2 Å². The maximum atomic E-state index is 6.19. The number of methoxy groups -OCH3 is 1. The standard InChI is InChI=1S/C16H24ClNO3/c1-11(2)18-10-12-8-13(17)9-15(19-3)16(12)21-14-4-6-20-7-5-14/h8-9,11,14,18H,4-7,10H2,1-3H3. The first kappa shape index (κ1) is 16.4. The minimum absolute atomic E-state index is 0.173. The Kier molecular flexibility index (Phi) is 6.15. The fraction of sp³-hybridized carbons (Fsp3) is 0.625. The van der Waals surface area contributed by atoms with Crippen LogP contribution in [0.25, 0.3) is 0 Å². The van der Waals surface area contributed by atoms with Crippen molar-refractivity contribution in [2.24, 2.45) is 0 Å². The van der Waals surface area contributed by atoms with Crippen LogP contribution in [0.3, 0.4) is 0 Å². The molecule has 5 heteroatoms. The summed E-state index contributed by atoms with van der Waals surface area (Å²) in [7, 11) is 1.64. The quantitative estimate of drug-likeness (QED) is 0.873. The molecule has 0 amide bonds. The number of nitrogens with one attached hydrogen (secondary N) is 1. The second-order valence-corrected chi connectivity index (χ2v) is 6.00. The van der Waals surface area contributed by atoms with Crippen LogP contribution in [0.5, 0.6) is 11.5 Å². The topological polar surface area (TPSA) is 39.7 Å². The first-order valence-corrected chi connectivity index (χ1v) is 7.82. The van der Waals surface area contributed by atoms with Gasteiger partial charge in [0.25, 0.3) is 0 Å². The molecule has 1 saturated heterocycles. The molecule has 1 fully saturated rings. The molecule has 0 bridgehead atoms. The zero-order valence-corrected chi connectivity index (χ0v) is 13.7. The molecule has 1 N–H and O–H groups in total. The number of hydrogen-bond acceptors (Lipinski definition) is 4. The minimum atomic E-state index is 0.173. The molecule has 0 saturated carbocycles. The van der Waals surface area contributed by atoms with Crippen LogP contribution in [0.4, 0.5) is 0 Å². The summed E-state index contributed by atoms with van der Waals surface area (Å²) < 4.78 is 17.0. The summed E-state index contributed by atoms with van der Waals surface area (Å²) in [5.74, 6) is 1.48. The fourth-order valence-corrected chi connectivity index (χ4v) is 2.54. The third kappa shape index (κ3) is 4.77. The Morgan fingerprint density at radius 1 is 1.33 bits per heavy atom. The molecule has 1 aliphatic rings. The van der Waals surface area contributed by atoms with Crippen molar-refractivity contribution in [1.82, 2.24) is 5.32 Å². The highest BCUT2D eigenvalue weighted by Gasteiger charge is 2.20. The summed E-state index contributed by atoms with van der Waals surface area (Å²) in [6, 6.07) is 4.13. The first-order chi connectivity index (χ1) is 10.1. The van der Waals surface area contributed by atoms with Crippen LogP contribution in [-0.2, 0) is 11.3 Å². The number of ether oxygens (including phenoxy) is 3. The van der Waals surface area contributed by atoms with Crippen molar-refractivity contribution in [1.29, 1.82) is 0 Å². The molecule has 1 aromatic rings. The number of hydrogen-bond donors (Lipinski definition) is 1. The second kappa shape index (κ2) is 7.87. The molecule has 0 unspecified atom stereocenters. The van der Waals surface area contributed by atoms with Gasteiger partial charge in [-0.1, -0.05) is 25.4 Å². The molecule has 4 nitrogen and oxygen atoms in total. The highest BCUT2D eigenvalue weighted by molar-refractivity contribution is 6.30. The largest absolute Gasteiger partial charge is 0.493 e. The molecule has 1 heterocycles. The SMILES string of the molecule is COc1cc(Cl)cc(CNC(C)C)c1OC1CCOCC1. The maximum absolute atomic E-state index is 6.19. The Morgan fingerprint density at radius 2 is 2.05 bits per heavy atom. The van der Waals surface area contributed by atoms with Crippen LogP contribution in [0, 0.1) is 0 Å². The third-order valence-corrected chi connectivity index (χ3v) is 3.69. The van der Waals surface area contributed by atoms with Gasteiger partial charge in [-0.2, -0.15) is 0 Å². The molecule has 2 rings (SSSR count). The molecule has 1 aliphatic heterocycles. The molecule has 0 aromatic heterocycles. The minimum Gasteiger partial charge on any atom is -0.493 e. The van der Waals surface area contributed by atoms with Crippen molar-refractivity contribution >= 4 is 11.6 Å². The van der Waals surface area contributed by atoms with Crippen LogP contribution in [0.1, 0.15) is 32.3 Å². The zero-order chi connectivity index (χ0) is 15.2. The Bertz CT molecular complexity index is 459. The average Bonchev–Trinajstić information content (AvgIpc) is 2.48. The van der Waals surface area contributed by atoms with E-state index in [1.54, 1.807) is 13.2 Å². The summed E-state index contributed by atoms with van der Waals surface area (Å²) in [4.78, 5) is 0. The Hall–Kier alpha value is -0.970. The van der Waals surface area contributed by atoms with E-state index in [9.17, 15) is 0 Å². The Balaban J connectivity index is 2.21. The Morgan fingerprint density at radius 3 is 2.67 bits per heavy atom. The van der Waals surface area contributed by atoms with E-state index in [4.69, 9.17) is 25.8 Å². The predicted molar refractivity (Wildman–Crippen MR) is 84.4 cm³/mol. The summed E-state index contributed by atoms with van der Waals surface area (Å²) in [5, 5.41) is 4.06. The zero-order valence-electron chi connectivity index (χ0n) is 12.9. The van der Waals surface area contributed by atoms with E-state index in [-0.39, 0.29) is 6.10 Å². The summed E-state index contributed by atoms with van der Waals surface area (Å²) in [6.45, 7) is 6.43. The van der Waals surface area contributed by atoms with Crippen LogP contribution in [0.15, 0.2) is 12.1 Å². The van der Waals surface area contributed by atoms with Crippen LogP contribution >= 0.6 is 11.6 Å². The molecule has 0 aliphatic carbocycles. The van der Waals surface area contributed by atoms with Crippen molar-refractivity contribution in [2.75, 3.05) is 20.3 Å². The van der Waals surface area contributed by atoms with E-state index >= 15 is 0 Å². The molecule has 0 atom stereocenters. The first-order valence-electron chi connectivity index (χ1n) is 7.44. The number of halogens is 1. The molecule has 1 aromatic carbocycles. The lowest BCUT2D eigenvalue weighted by Gasteiger charge is -2.26.